The highest BCUT2D eigenvalue weighted by Crippen LogP contribution is 2.31. The van der Waals surface area contributed by atoms with Crippen LogP contribution >= 0.6 is 0 Å². The van der Waals surface area contributed by atoms with Crippen LogP contribution in [0.1, 0.15) is 59.8 Å². The molecule has 3 aromatic rings. The summed E-state index contributed by atoms with van der Waals surface area (Å²) in [5.74, 6) is -1.73. The van der Waals surface area contributed by atoms with Gasteiger partial charge in [0.25, 0.3) is 5.91 Å². The van der Waals surface area contributed by atoms with Crippen LogP contribution in [0.4, 0.5) is 10.1 Å². The molecule has 8 heteroatoms. The number of nitrogens with zero attached hydrogens (tertiary/aromatic N) is 1. The van der Waals surface area contributed by atoms with Crippen molar-refractivity contribution in [2.75, 3.05) is 11.4 Å². The maximum absolute atomic E-state index is 13.8. The number of nitrogens with one attached hydrogen (secondary N) is 2. The molecular weight excluding hydrogens is 461 g/mol. The van der Waals surface area contributed by atoms with Crippen molar-refractivity contribution in [1.29, 1.82) is 0 Å². The molecule has 1 aliphatic rings. The molecule has 0 unspecified atom stereocenters. The number of furan rings is 1. The van der Waals surface area contributed by atoms with Gasteiger partial charge in [-0.15, -0.1) is 0 Å². The van der Waals surface area contributed by atoms with E-state index in [0.717, 1.165) is 37.7 Å². The fourth-order valence-electron chi connectivity index (χ4n) is 4.58. The smallest absolute Gasteiger partial charge is 0.287 e. The fraction of sp³-hybridized carbons (Fsp3) is 0.321. The van der Waals surface area contributed by atoms with Gasteiger partial charge in [-0.05, 0) is 61.2 Å². The van der Waals surface area contributed by atoms with Crippen LogP contribution in [0.2, 0.25) is 0 Å². The van der Waals surface area contributed by atoms with Crippen molar-refractivity contribution >= 4 is 23.4 Å². The summed E-state index contributed by atoms with van der Waals surface area (Å²) in [4.78, 5) is 41.2. The molecule has 4 rings (SSSR count). The lowest BCUT2D eigenvalue weighted by atomic mass is 9.94. The molecule has 1 atom stereocenters. The molecule has 36 heavy (non-hydrogen) atoms. The molecule has 1 aliphatic carbocycles. The fourth-order valence-corrected chi connectivity index (χ4v) is 4.58. The topological polar surface area (TPSA) is 91.7 Å². The second kappa shape index (κ2) is 11.7. The molecule has 1 heterocycles. The Morgan fingerprint density at radius 2 is 1.72 bits per heavy atom. The van der Waals surface area contributed by atoms with Gasteiger partial charge < -0.3 is 15.1 Å². The summed E-state index contributed by atoms with van der Waals surface area (Å²) in [5.41, 5.74) is 1.78. The summed E-state index contributed by atoms with van der Waals surface area (Å²) in [6.07, 6.45) is 6.32. The Kier molecular flexibility index (Phi) is 8.15. The van der Waals surface area contributed by atoms with Gasteiger partial charge in [-0.3, -0.25) is 19.3 Å². The molecule has 3 amide bonds. The van der Waals surface area contributed by atoms with Crippen molar-refractivity contribution < 1.29 is 23.2 Å². The normalized spacial score (nSPS) is 14.6. The van der Waals surface area contributed by atoms with Gasteiger partial charge >= 0.3 is 0 Å². The zero-order valence-electron chi connectivity index (χ0n) is 20.2. The third-order valence-electron chi connectivity index (χ3n) is 6.43. The third kappa shape index (κ3) is 6.00. The van der Waals surface area contributed by atoms with Crippen LogP contribution in [0.25, 0.3) is 0 Å². The van der Waals surface area contributed by atoms with Crippen LogP contribution in [-0.2, 0) is 9.59 Å². The molecule has 1 aromatic heterocycles. The molecule has 0 spiro atoms. The Hall–Kier alpha value is -3.94. The third-order valence-corrected chi connectivity index (χ3v) is 6.43. The SMILES string of the molecule is Cc1ccccc1N(C(=O)CNC(=O)c1ccco1)[C@@H](C(=O)NC1CCCCC1)c1ccc(F)cc1. The Bertz CT molecular complexity index is 1190. The first-order valence-corrected chi connectivity index (χ1v) is 12.2. The van der Waals surface area contributed by atoms with Crippen molar-refractivity contribution in [2.24, 2.45) is 0 Å². The van der Waals surface area contributed by atoms with Gasteiger partial charge in [-0.2, -0.15) is 0 Å². The predicted octanol–water partition coefficient (Wildman–Crippen LogP) is 4.68. The van der Waals surface area contributed by atoms with Gasteiger partial charge in [-0.1, -0.05) is 49.6 Å². The Balaban J connectivity index is 1.68. The van der Waals surface area contributed by atoms with E-state index >= 15 is 0 Å². The van der Waals surface area contributed by atoms with E-state index in [1.54, 1.807) is 18.2 Å². The second-order valence-corrected chi connectivity index (χ2v) is 9.01. The highest BCUT2D eigenvalue weighted by Gasteiger charge is 2.35. The van der Waals surface area contributed by atoms with E-state index in [4.69, 9.17) is 4.42 Å². The summed E-state index contributed by atoms with van der Waals surface area (Å²) in [6, 6.07) is 14.8. The number of benzene rings is 2. The van der Waals surface area contributed by atoms with Crippen LogP contribution in [-0.4, -0.2) is 30.3 Å². The molecule has 2 aromatic carbocycles. The van der Waals surface area contributed by atoms with Gasteiger partial charge in [0.2, 0.25) is 11.8 Å². The quantitative estimate of drug-likeness (QED) is 0.479. The van der Waals surface area contributed by atoms with Crippen LogP contribution < -0.4 is 15.5 Å². The molecular formula is C28H30FN3O4. The second-order valence-electron chi connectivity index (χ2n) is 9.01. The summed E-state index contributed by atoms with van der Waals surface area (Å²) in [5, 5.41) is 5.69. The van der Waals surface area contributed by atoms with E-state index in [-0.39, 0.29) is 24.3 Å². The molecule has 0 aliphatic heterocycles. The van der Waals surface area contributed by atoms with Gasteiger partial charge in [0.05, 0.1) is 12.8 Å². The number of carbonyl (C=O) groups excluding carboxylic acids is 3. The number of amides is 3. The van der Waals surface area contributed by atoms with E-state index in [0.29, 0.717) is 11.3 Å². The van der Waals surface area contributed by atoms with E-state index in [1.807, 2.05) is 19.1 Å². The number of hydrogen-bond donors (Lipinski definition) is 2. The first kappa shape index (κ1) is 25.2. The lowest BCUT2D eigenvalue weighted by Gasteiger charge is -2.34. The maximum Gasteiger partial charge on any atom is 0.287 e. The highest BCUT2D eigenvalue weighted by molar-refractivity contribution is 6.04. The number of para-hydroxylation sites is 1. The van der Waals surface area contributed by atoms with Crippen molar-refractivity contribution in [1.82, 2.24) is 10.6 Å². The zero-order chi connectivity index (χ0) is 25.5. The minimum atomic E-state index is -1.05. The Labute approximate surface area is 209 Å². The van der Waals surface area contributed by atoms with Crippen LogP contribution in [0.5, 0.6) is 0 Å². The van der Waals surface area contributed by atoms with Gasteiger partial charge in [0.15, 0.2) is 5.76 Å². The largest absolute Gasteiger partial charge is 0.459 e. The molecule has 0 bridgehead atoms. The molecule has 2 N–H and O–H groups in total. The molecule has 0 saturated heterocycles. The van der Waals surface area contributed by atoms with Crippen molar-refractivity contribution in [3.05, 3.63) is 89.6 Å². The monoisotopic (exact) mass is 491 g/mol. The molecule has 1 fully saturated rings. The Morgan fingerprint density at radius 1 is 1.00 bits per heavy atom. The van der Waals surface area contributed by atoms with Gasteiger partial charge in [-0.25, -0.2) is 4.39 Å². The summed E-state index contributed by atoms with van der Waals surface area (Å²) < 4.78 is 18.9. The van der Waals surface area contributed by atoms with E-state index in [2.05, 4.69) is 10.6 Å². The average molecular weight is 492 g/mol. The Morgan fingerprint density at radius 3 is 2.39 bits per heavy atom. The zero-order valence-corrected chi connectivity index (χ0v) is 20.2. The number of hydrogen-bond acceptors (Lipinski definition) is 4. The highest BCUT2D eigenvalue weighted by atomic mass is 19.1. The van der Waals surface area contributed by atoms with E-state index in [1.165, 1.54) is 41.5 Å². The van der Waals surface area contributed by atoms with E-state index < -0.39 is 23.7 Å². The number of aryl methyl sites for hydroxylation is 1. The molecule has 7 nitrogen and oxygen atoms in total. The number of halogens is 1. The average Bonchev–Trinajstić information content (AvgIpc) is 3.43. The molecule has 0 radical (unpaired) electrons. The van der Waals surface area contributed by atoms with Crippen LogP contribution in [0.15, 0.2) is 71.3 Å². The van der Waals surface area contributed by atoms with Crippen LogP contribution in [0, 0.1) is 12.7 Å². The first-order chi connectivity index (χ1) is 17.4. The van der Waals surface area contributed by atoms with E-state index in [9.17, 15) is 18.8 Å². The standard InChI is InChI=1S/C28H30FN3O4/c1-19-8-5-6-11-23(19)32(25(33)18-30-27(34)24-12-7-17-36-24)26(20-13-15-21(29)16-14-20)28(35)31-22-9-3-2-4-10-22/h5-8,11-17,22,26H,2-4,9-10,18H2,1H3,(H,30,34)(H,31,35)/t26-/m1/s1. The summed E-state index contributed by atoms with van der Waals surface area (Å²) >= 11 is 0. The number of anilines is 1. The van der Waals surface area contributed by atoms with Crippen molar-refractivity contribution in [2.45, 2.75) is 51.1 Å². The summed E-state index contributed by atoms with van der Waals surface area (Å²) in [7, 11) is 0. The first-order valence-electron chi connectivity index (χ1n) is 12.2. The minimum absolute atomic E-state index is 0.0154. The molecule has 1 saturated carbocycles. The summed E-state index contributed by atoms with van der Waals surface area (Å²) in [6.45, 7) is 1.49. The molecule has 188 valence electrons. The maximum atomic E-state index is 13.8. The minimum Gasteiger partial charge on any atom is -0.459 e. The predicted molar refractivity (Wildman–Crippen MR) is 134 cm³/mol. The van der Waals surface area contributed by atoms with Crippen molar-refractivity contribution in [3.8, 4) is 0 Å². The lowest BCUT2D eigenvalue weighted by Crippen LogP contribution is -2.50. The van der Waals surface area contributed by atoms with Crippen LogP contribution in [0.3, 0.4) is 0 Å². The van der Waals surface area contributed by atoms with Gasteiger partial charge in [0.1, 0.15) is 11.9 Å². The number of rotatable bonds is 8. The lowest BCUT2D eigenvalue weighted by molar-refractivity contribution is -0.127. The van der Waals surface area contributed by atoms with Crippen molar-refractivity contribution in [3.63, 3.8) is 0 Å². The van der Waals surface area contributed by atoms with Gasteiger partial charge in [0, 0.05) is 11.7 Å². The number of carbonyl (C=O) groups is 3.